The molecule has 0 amide bonds. The van der Waals surface area contributed by atoms with E-state index in [0.29, 0.717) is 5.02 Å². The minimum atomic E-state index is -1.14. The Balaban J connectivity index is 3.00. The Bertz CT molecular complexity index is 471. The summed E-state index contributed by atoms with van der Waals surface area (Å²) < 4.78 is 4.63. The lowest BCUT2D eigenvalue weighted by Gasteiger charge is -2.01. The summed E-state index contributed by atoms with van der Waals surface area (Å²) in [5.74, 6) is -1.78. The molecule has 17 heavy (non-hydrogen) atoms. The fourth-order valence-electron chi connectivity index (χ4n) is 1.09. The highest BCUT2D eigenvalue weighted by molar-refractivity contribution is 6.31. The van der Waals surface area contributed by atoms with E-state index >= 15 is 0 Å². The zero-order valence-corrected chi connectivity index (χ0v) is 9.77. The summed E-state index contributed by atoms with van der Waals surface area (Å²) in [5, 5.41) is 9.23. The van der Waals surface area contributed by atoms with E-state index in [1.807, 2.05) is 0 Å². The second-order valence-corrected chi connectivity index (χ2v) is 3.41. The van der Waals surface area contributed by atoms with Gasteiger partial charge in [-0.05, 0) is 25.1 Å². The Hall–Kier alpha value is -1.88. The maximum atomic E-state index is 11.0. The van der Waals surface area contributed by atoms with E-state index in [4.69, 9.17) is 16.7 Å². The number of carbonyl (C=O) groups is 2. The largest absolute Gasteiger partial charge is 0.478 e. The average Bonchev–Trinajstić information content (AvgIpc) is 2.26. The van der Waals surface area contributed by atoms with Crippen LogP contribution in [0.1, 0.15) is 17.3 Å². The van der Waals surface area contributed by atoms with Crippen LogP contribution in [0.15, 0.2) is 23.2 Å². The summed E-state index contributed by atoms with van der Waals surface area (Å²) in [5.41, 5.74) is 0.0769. The zero-order valence-electron chi connectivity index (χ0n) is 9.01. The van der Waals surface area contributed by atoms with Crippen LogP contribution in [-0.2, 0) is 9.53 Å². The number of esters is 1. The first-order valence-corrected chi connectivity index (χ1v) is 5.16. The summed E-state index contributed by atoms with van der Waals surface area (Å²) in [6, 6.07) is 4.12. The van der Waals surface area contributed by atoms with Crippen LogP contribution in [0.4, 0.5) is 5.69 Å². The van der Waals surface area contributed by atoms with Crippen LogP contribution < -0.4 is 0 Å². The summed E-state index contributed by atoms with van der Waals surface area (Å²) in [7, 11) is 0. The molecule has 0 fully saturated rings. The number of carboxylic acid groups (broad SMARTS) is 1. The molecule has 0 bridgehead atoms. The molecule has 0 radical (unpaired) electrons. The number of carboxylic acids is 1. The number of hydrogen-bond donors (Lipinski definition) is 1. The van der Waals surface area contributed by atoms with E-state index in [2.05, 4.69) is 9.73 Å². The molecule has 0 atom stereocenters. The third-order valence-electron chi connectivity index (χ3n) is 1.79. The van der Waals surface area contributed by atoms with Gasteiger partial charge in [0.05, 0.1) is 17.9 Å². The number of hydrogen-bond acceptors (Lipinski definition) is 4. The van der Waals surface area contributed by atoms with Crippen molar-refractivity contribution in [3.63, 3.8) is 0 Å². The molecule has 0 aliphatic heterocycles. The number of carbonyl (C=O) groups excluding carboxylic acids is 1. The predicted octanol–water partition coefficient (Wildman–Crippen LogP) is 2.30. The second kappa shape index (κ2) is 6.00. The smallest absolute Gasteiger partial charge is 0.349 e. The number of ether oxygens (including phenoxy) is 1. The first kappa shape index (κ1) is 13.2. The van der Waals surface area contributed by atoms with Crippen molar-refractivity contribution in [2.24, 2.45) is 4.99 Å². The second-order valence-electron chi connectivity index (χ2n) is 2.98. The minimum Gasteiger partial charge on any atom is -0.478 e. The van der Waals surface area contributed by atoms with Crippen molar-refractivity contribution in [1.82, 2.24) is 0 Å². The van der Waals surface area contributed by atoms with Gasteiger partial charge in [0.1, 0.15) is 6.21 Å². The number of benzene rings is 1. The van der Waals surface area contributed by atoms with Gasteiger partial charge in [-0.3, -0.25) is 0 Å². The van der Waals surface area contributed by atoms with Gasteiger partial charge >= 0.3 is 11.9 Å². The number of halogens is 1. The van der Waals surface area contributed by atoms with Gasteiger partial charge in [0, 0.05) is 5.02 Å². The molecule has 1 aromatic carbocycles. The van der Waals surface area contributed by atoms with Crippen molar-refractivity contribution in [2.75, 3.05) is 6.61 Å². The Morgan fingerprint density at radius 3 is 2.82 bits per heavy atom. The quantitative estimate of drug-likeness (QED) is 0.662. The van der Waals surface area contributed by atoms with Crippen LogP contribution in [0.3, 0.4) is 0 Å². The van der Waals surface area contributed by atoms with Crippen LogP contribution in [0, 0.1) is 0 Å². The van der Waals surface area contributed by atoms with Crippen LogP contribution in [0.2, 0.25) is 5.02 Å². The lowest BCUT2D eigenvalue weighted by Crippen LogP contribution is -2.05. The van der Waals surface area contributed by atoms with Crippen molar-refractivity contribution in [1.29, 1.82) is 0 Å². The van der Waals surface area contributed by atoms with Gasteiger partial charge in [0.2, 0.25) is 0 Å². The molecule has 5 nitrogen and oxygen atoms in total. The minimum absolute atomic E-state index is 0.0325. The fraction of sp³-hybridized carbons (Fsp3) is 0.182. The Labute approximate surface area is 103 Å². The van der Waals surface area contributed by atoms with Gasteiger partial charge < -0.3 is 9.84 Å². The predicted molar refractivity (Wildman–Crippen MR) is 63.2 cm³/mol. The summed E-state index contributed by atoms with van der Waals surface area (Å²) >= 11 is 5.71. The van der Waals surface area contributed by atoms with Crippen molar-refractivity contribution in [2.45, 2.75) is 6.92 Å². The van der Waals surface area contributed by atoms with Crippen molar-refractivity contribution >= 4 is 35.4 Å². The number of aliphatic imine (C=N–C) groups is 1. The van der Waals surface area contributed by atoms with E-state index in [1.54, 1.807) is 6.92 Å². The summed E-state index contributed by atoms with van der Waals surface area (Å²) in [6.45, 7) is 1.89. The topological polar surface area (TPSA) is 76.0 Å². The van der Waals surface area contributed by atoms with Gasteiger partial charge in [0.25, 0.3) is 0 Å². The van der Waals surface area contributed by atoms with Crippen LogP contribution >= 0.6 is 11.6 Å². The molecule has 0 heterocycles. The molecule has 0 saturated carbocycles. The molecule has 0 saturated heterocycles. The Morgan fingerprint density at radius 1 is 1.53 bits per heavy atom. The number of rotatable bonds is 4. The fourth-order valence-corrected chi connectivity index (χ4v) is 1.26. The molecule has 1 aromatic rings. The monoisotopic (exact) mass is 255 g/mol. The highest BCUT2D eigenvalue weighted by atomic mass is 35.5. The van der Waals surface area contributed by atoms with Crippen LogP contribution in [0.25, 0.3) is 0 Å². The van der Waals surface area contributed by atoms with Gasteiger partial charge in [-0.15, -0.1) is 0 Å². The highest BCUT2D eigenvalue weighted by Gasteiger charge is 2.09. The molecule has 0 aromatic heterocycles. The molecule has 0 spiro atoms. The standard InChI is InChI=1S/C11H10ClNO4/c1-2-17-10(14)6-13-9-5-7(12)3-4-8(9)11(15)16/h3-6H,2H2,1H3,(H,15,16)/b13-6-. The summed E-state index contributed by atoms with van der Waals surface area (Å²) in [4.78, 5) is 25.6. The van der Waals surface area contributed by atoms with E-state index in [9.17, 15) is 9.59 Å². The molecular formula is C11H10ClNO4. The van der Waals surface area contributed by atoms with Crippen LogP contribution in [-0.4, -0.2) is 29.9 Å². The van der Waals surface area contributed by atoms with Crippen LogP contribution in [0.5, 0.6) is 0 Å². The van der Waals surface area contributed by atoms with E-state index in [1.165, 1.54) is 18.2 Å². The van der Waals surface area contributed by atoms with E-state index < -0.39 is 11.9 Å². The molecule has 0 unspecified atom stereocenters. The maximum Gasteiger partial charge on any atom is 0.349 e. The average molecular weight is 256 g/mol. The van der Waals surface area contributed by atoms with Crippen molar-refractivity contribution in [3.8, 4) is 0 Å². The van der Waals surface area contributed by atoms with Crippen molar-refractivity contribution < 1.29 is 19.4 Å². The van der Waals surface area contributed by atoms with Crippen molar-refractivity contribution in [3.05, 3.63) is 28.8 Å². The first-order chi connectivity index (χ1) is 8.04. The molecule has 1 rings (SSSR count). The lowest BCUT2D eigenvalue weighted by molar-refractivity contribution is -0.134. The molecule has 0 aliphatic carbocycles. The molecule has 6 heteroatoms. The Kier molecular flexibility index (Phi) is 4.66. The first-order valence-electron chi connectivity index (χ1n) is 4.78. The van der Waals surface area contributed by atoms with Gasteiger partial charge in [-0.25, -0.2) is 14.6 Å². The lowest BCUT2D eigenvalue weighted by atomic mass is 10.2. The number of nitrogens with zero attached hydrogens (tertiary/aromatic N) is 1. The normalized spacial score (nSPS) is 10.5. The summed E-state index contributed by atoms with van der Waals surface area (Å²) in [6.07, 6.45) is 0.918. The molecule has 90 valence electrons. The third kappa shape index (κ3) is 3.88. The number of aromatic carboxylic acids is 1. The third-order valence-corrected chi connectivity index (χ3v) is 2.02. The highest BCUT2D eigenvalue weighted by Crippen LogP contribution is 2.23. The molecular weight excluding hydrogens is 246 g/mol. The SMILES string of the molecule is CCOC(=O)/C=N\c1cc(Cl)ccc1C(=O)O. The van der Waals surface area contributed by atoms with Gasteiger partial charge in [0.15, 0.2) is 0 Å². The maximum absolute atomic E-state index is 11.0. The van der Waals surface area contributed by atoms with E-state index in [-0.39, 0.29) is 17.9 Å². The van der Waals surface area contributed by atoms with Gasteiger partial charge in [-0.2, -0.15) is 0 Å². The molecule has 0 aliphatic rings. The molecule has 1 N–H and O–H groups in total. The Morgan fingerprint density at radius 2 is 2.24 bits per heavy atom. The van der Waals surface area contributed by atoms with E-state index in [0.717, 1.165) is 6.21 Å². The van der Waals surface area contributed by atoms with Gasteiger partial charge in [-0.1, -0.05) is 11.6 Å². The zero-order chi connectivity index (χ0) is 12.8.